The summed E-state index contributed by atoms with van der Waals surface area (Å²) < 4.78 is 24.8. The standard InChI is InChI=1S/C17H26N2O3S/c1-17(2,12-14-8-5-4-6-9-14)18-16(20)15-10-7-11-19(13-15)23(3,21)22/h4-6,8-9,15H,7,10-13H2,1-3H3,(H,18,20)/t15-/m1/s1. The van der Waals surface area contributed by atoms with E-state index in [0.29, 0.717) is 6.54 Å². The minimum absolute atomic E-state index is 0.0562. The Morgan fingerprint density at radius 2 is 1.96 bits per heavy atom. The lowest BCUT2D eigenvalue weighted by molar-refractivity contribution is -0.127. The van der Waals surface area contributed by atoms with Gasteiger partial charge >= 0.3 is 0 Å². The Labute approximate surface area is 139 Å². The number of amides is 1. The summed E-state index contributed by atoms with van der Waals surface area (Å²) in [5.74, 6) is -0.326. The summed E-state index contributed by atoms with van der Waals surface area (Å²) in [6, 6.07) is 10.0. The van der Waals surface area contributed by atoms with E-state index in [1.54, 1.807) is 0 Å². The van der Waals surface area contributed by atoms with Crippen LogP contribution in [0.5, 0.6) is 0 Å². The number of carbonyl (C=O) groups is 1. The summed E-state index contributed by atoms with van der Waals surface area (Å²) in [5.41, 5.74) is 0.797. The maximum Gasteiger partial charge on any atom is 0.224 e. The molecule has 0 unspecified atom stereocenters. The average molecular weight is 338 g/mol. The average Bonchev–Trinajstić information content (AvgIpc) is 2.46. The molecule has 1 saturated heterocycles. The van der Waals surface area contributed by atoms with Crippen molar-refractivity contribution in [1.82, 2.24) is 9.62 Å². The Morgan fingerprint density at radius 3 is 2.57 bits per heavy atom. The summed E-state index contributed by atoms with van der Waals surface area (Å²) in [4.78, 5) is 12.5. The number of rotatable bonds is 5. The number of benzene rings is 1. The molecule has 1 heterocycles. The number of nitrogens with zero attached hydrogens (tertiary/aromatic N) is 1. The van der Waals surface area contributed by atoms with Crippen LogP contribution in [0.4, 0.5) is 0 Å². The molecule has 0 saturated carbocycles. The smallest absolute Gasteiger partial charge is 0.224 e. The van der Waals surface area contributed by atoms with Crippen molar-refractivity contribution in [3.05, 3.63) is 35.9 Å². The van der Waals surface area contributed by atoms with Crippen molar-refractivity contribution in [2.24, 2.45) is 5.92 Å². The van der Waals surface area contributed by atoms with Crippen LogP contribution in [0.15, 0.2) is 30.3 Å². The van der Waals surface area contributed by atoms with Crippen LogP contribution in [0, 0.1) is 5.92 Å². The summed E-state index contributed by atoms with van der Waals surface area (Å²) in [7, 11) is -3.23. The predicted molar refractivity (Wildman–Crippen MR) is 91.5 cm³/mol. The van der Waals surface area contributed by atoms with Gasteiger partial charge in [-0.15, -0.1) is 0 Å². The van der Waals surface area contributed by atoms with E-state index in [9.17, 15) is 13.2 Å². The van der Waals surface area contributed by atoms with E-state index in [1.807, 2.05) is 44.2 Å². The van der Waals surface area contributed by atoms with Crippen molar-refractivity contribution in [3.63, 3.8) is 0 Å². The molecular weight excluding hydrogens is 312 g/mol. The zero-order chi connectivity index (χ0) is 17.1. The fourth-order valence-corrected chi connectivity index (χ4v) is 3.96. The van der Waals surface area contributed by atoms with Crippen LogP contribution < -0.4 is 5.32 Å². The molecule has 1 aromatic carbocycles. The van der Waals surface area contributed by atoms with E-state index in [0.717, 1.165) is 19.3 Å². The second kappa shape index (κ2) is 7.01. The molecule has 2 rings (SSSR count). The molecule has 0 aromatic heterocycles. The summed E-state index contributed by atoms with van der Waals surface area (Å²) in [6.45, 7) is 4.78. The molecule has 23 heavy (non-hydrogen) atoms. The first-order valence-electron chi connectivity index (χ1n) is 7.98. The number of nitrogens with one attached hydrogen (secondary N) is 1. The number of piperidine rings is 1. The minimum atomic E-state index is -3.23. The third kappa shape index (κ3) is 5.32. The van der Waals surface area contributed by atoms with Crippen molar-refractivity contribution in [2.45, 2.75) is 38.6 Å². The van der Waals surface area contributed by atoms with Gasteiger partial charge in [-0.1, -0.05) is 30.3 Å². The first-order chi connectivity index (χ1) is 10.7. The number of carbonyl (C=O) groups excluding carboxylic acids is 1. The number of sulfonamides is 1. The van der Waals surface area contributed by atoms with Crippen LogP contribution >= 0.6 is 0 Å². The lowest BCUT2D eigenvalue weighted by Crippen LogP contribution is -2.51. The lowest BCUT2D eigenvalue weighted by Gasteiger charge is -2.33. The van der Waals surface area contributed by atoms with Crippen molar-refractivity contribution < 1.29 is 13.2 Å². The fraction of sp³-hybridized carbons (Fsp3) is 0.588. The van der Waals surface area contributed by atoms with E-state index in [1.165, 1.54) is 16.1 Å². The summed E-state index contributed by atoms with van der Waals surface area (Å²) >= 11 is 0. The highest BCUT2D eigenvalue weighted by molar-refractivity contribution is 7.88. The monoisotopic (exact) mass is 338 g/mol. The van der Waals surface area contributed by atoms with E-state index >= 15 is 0 Å². The van der Waals surface area contributed by atoms with Gasteiger partial charge in [0.1, 0.15) is 0 Å². The Morgan fingerprint density at radius 1 is 1.30 bits per heavy atom. The van der Waals surface area contributed by atoms with Crippen LogP contribution in [0.25, 0.3) is 0 Å². The molecule has 5 nitrogen and oxygen atoms in total. The van der Waals surface area contributed by atoms with Gasteiger partial charge in [0, 0.05) is 18.6 Å². The molecule has 0 aliphatic carbocycles. The molecule has 0 radical (unpaired) electrons. The van der Waals surface area contributed by atoms with Crippen molar-refractivity contribution in [1.29, 1.82) is 0 Å². The molecule has 1 amide bonds. The van der Waals surface area contributed by atoms with E-state index in [-0.39, 0.29) is 23.9 Å². The molecule has 6 heteroatoms. The zero-order valence-electron chi connectivity index (χ0n) is 14.1. The molecule has 1 fully saturated rings. The van der Waals surface area contributed by atoms with Crippen molar-refractivity contribution in [2.75, 3.05) is 19.3 Å². The third-order valence-electron chi connectivity index (χ3n) is 4.17. The van der Waals surface area contributed by atoms with E-state index < -0.39 is 10.0 Å². The van der Waals surface area contributed by atoms with Gasteiger partial charge in [-0.25, -0.2) is 12.7 Å². The second-order valence-corrected chi connectivity index (χ2v) is 8.98. The Bertz CT molecular complexity index is 641. The van der Waals surface area contributed by atoms with Crippen LogP contribution in [-0.4, -0.2) is 43.5 Å². The Kier molecular flexibility index (Phi) is 5.47. The van der Waals surface area contributed by atoms with Crippen LogP contribution in [0.3, 0.4) is 0 Å². The van der Waals surface area contributed by atoms with Gasteiger partial charge in [0.05, 0.1) is 12.2 Å². The minimum Gasteiger partial charge on any atom is -0.351 e. The van der Waals surface area contributed by atoms with Gasteiger partial charge in [-0.2, -0.15) is 0 Å². The third-order valence-corrected chi connectivity index (χ3v) is 5.44. The lowest BCUT2D eigenvalue weighted by atomic mass is 9.92. The SMILES string of the molecule is CC(C)(Cc1ccccc1)NC(=O)[C@@H]1CCCN(S(C)(=O)=O)C1. The topological polar surface area (TPSA) is 66.5 Å². The molecule has 0 bridgehead atoms. The molecule has 0 spiro atoms. The van der Waals surface area contributed by atoms with Crippen LogP contribution in [0.2, 0.25) is 0 Å². The van der Waals surface area contributed by atoms with Crippen LogP contribution in [-0.2, 0) is 21.2 Å². The quantitative estimate of drug-likeness (QED) is 0.890. The molecule has 1 atom stereocenters. The Hall–Kier alpha value is -1.40. The van der Waals surface area contributed by atoms with Gasteiger partial charge < -0.3 is 5.32 Å². The maximum atomic E-state index is 12.5. The van der Waals surface area contributed by atoms with Gasteiger partial charge in [-0.3, -0.25) is 4.79 Å². The predicted octanol–water partition coefficient (Wildman–Crippen LogP) is 1.80. The van der Waals surface area contributed by atoms with Gasteiger partial charge in [-0.05, 0) is 38.7 Å². The highest BCUT2D eigenvalue weighted by Gasteiger charge is 2.32. The molecule has 1 aliphatic rings. The van der Waals surface area contributed by atoms with Crippen molar-refractivity contribution >= 4 is 15.9 Å². The fourth-order valence-electron chi connectivity index (χ4n) is 3.04. The molecule has 1 N–H and O–H groups in total. The highest BCUT2D eigenvalue weighted by atomic mass is 32.2. The molecule has 128 valence electrons. The molecular formula is C17H26N2O3S. The Balaban J connectivity index is 1.97. The zero-order valence-corrected chi connectivity index (χ0v) is 14.9. The molecule has 1 aliphatic heterocycles. The van der Waals surface area contributed by atoms with Crippen molar-refractivity contribution in [3.8, 4) is 0 Å². The number of hydrogen-bond donors (Lipinski definition) is 1. The normalized spacial score (nSPS) is 20.2. The van der Waals surface area contributed by atoms with E-state index in [4.69, 9.17) is 0 Å². The van der Waals surface area contributed by atoms with Gasteiger partial charge in [0.2, 0.25) is 15.9 Å². The second-order valence-electron chi connectivity index (χ2n) is 7.00. The molecule has 1 aromatic rings. The van der Waals surface area contributed by atoms with Crippen LogP contribution in [0.1, 0.15) is 32.3 Å². The largest absolute Gasteiger partial charge is 0.351 e. The van der Waals surface area contributed by atoms with Gasteiger partial charge in [0.15, 0.2) is 0 Å². The highest BCUT2D eigenvalue weighted by Crippen LogP contribution is 2.20. The maximum absolute atomic E-state index is 12.5. The first kappa shape index (κ1) is 17.9. The summed E-state index contributed by atoms with van der Waals surface area (Å²) in [6.07, 6.45) is 3.40. The summed E-state index contributed by atoms with van der Waals surface area (Å²) in [5, 5.41) is 3.09. The van der Waals surface area contributed by atoms with Gasteiger partial charge in [0.25, 0.3) is 0 Å². The number of hydrogen-bond acceptors (Lipinski definition) is 3. The first-order valence-corrected chi connectivity index (χ1v) is 9.83. The van der Waals surface area contributed by atoms with E-state index in [2.05, 4.69) is 5.32 Å².